The Hall–Kier alpha value is -3.15. The number of carbonyl (C=O) groups excluding carboxylic acids is 2. The quantitative estimate of drug-likeness (QED) is 0.370. The fourth-order valence-corrected chi connectivity index (χ4v) is 4.48. The molecule has 13 heteroatoms. The predicted molar refractivity (Wildman–Crippen MR) is 122 cm³/mol. The first-order valence-corrected chi connectivity index (χ1v) is 11.4. The molecular formula is C24H23ClF6N2O4. The number of carbonyl (C=O) groups is 2. The molecule has 6 nitrogen and oxygen atoms in total. The van der Waals surface area contributed by atoms with Crippen LogP contribution < -0.4 is 4.90 Å². The molecule has 0 spiro atoms. The summed E-state index contributed by atoms with van der Waals surface area (Å²) in [7, 11) is 1.04. The molecule has 1 aliphatic rings. The van der Waals surface area contributed by atoms with Gasteiger partial charge in [0, 0.05) is 23.2 Å². The van der Waals surface area contributed by atoms with Gasteiger partial charge in [0.05, 0.1) is 36.6 Å². The van der Waals surface area contributed by atoms with Crippen molar-refractivity contribution >= 4 is 29.5 Å². The van der Waals surface area contributed by atoms with Crippen LogP contribution in [0.5, 0.6) is 0 Å². The van der Waals surface area contributed by atoms with Gasteiger partial charge in [0.1, 0.15) is 0 Å². The zero-order valence-electron chi connectivity index (χ0n) is 19.9. The van der Waals surface area contributed by atoms with Crippen LogP contribution in [0, 0.1) is 0 Å². The van der Waals surface area contributed by atoms with Gasteiger partial charge < -0.3 is 9.47 Å². The SMILES string of the molecule is CCOC(=O)N1c2ccc(Cl)cc2[C@H](N(Cc2cc(C(F)(F)F)cc(C(F)(F)F)c2)C(=O)OC)C[C@@H]1C. The van der Waals surface area contributed by atoms with E-state index in [1.54, 1.807) is 13.8 Å². The van der Waals surface area contributed by atoms with Crippen molar-refractivity contribution < 1.29 is 45.4 Å². The van der Waals surface area contributed by atoms with E-state index in [0.29, 0.717) is 23.4 Å². The maximum Gasteiger partial charge on any atom is 0.416 e. The average molecular weight is 553 g/mol. The van der Waals surface area contributed by atoms with E-state index in [1.165, 1.54) is 23.1 Å². The standard InChI is InChI=1S/C24H23ClF6N2O4/c1-4-37-22(35)33-13(2)7-20(18-11-17(25)5-6-19(18)33)32(21(34)36-3)12-14-8-15(23(26,27)28)10-16(9-14)24(29,30)31/h5-6,8-11,13,20H,4,7,12H2,1-3H3/t13-,20+/m0/s1. The molecule has 0 N–H and O–H groups in total. The van der Waals surface area contributed by atoms with Crippen molar-refractivity contribution in [2.75, 3.05) is 18.6 Å². The van der Waals surface area contributed by atoms with E-state index < -0.39 is 59.9 Å². The number of ether oxygens (including phenoxy) is 2. The number of methoxy groups -OCH3 is 1. The molecule has 0 bridgehead atoms. The summed E-state index contributed by atoms with van der Waals surface area (Å²) in [5.74, 6) is 0. The molecule has 0 unspecified atom stereocenters. The molecule has 0 radical (unpaired) electrons. The van der Waals surface area contributed by atoms with Crippen LogP contribution in [0.3, 0.4) is 0 Å². The third kappa shape index (κ3) is 6.23. The Labute approximate surface area is 213 Å². The van der Waals surface area contributed by atoms with Crippen molar-refractivity contribution in [1.82, 2.24) is 4.90 Å². The number of hydrogen-bond donors (Lipinski definition) is 0. The monoisotopic (exact) mass is 552 g/mol. The molecule has 2 aromatic rings. The fourth-order valence-electron chi connectivity index (χ4n) is 4.30. The summed E-state index contributed by atoms with van der Waals surface area (Å²) < 4.78 is 90.3. The number of amides is 2. The van der Waals surface area contributed by atoms with Crippen LogP contribution in [-0.4, -0.2) is 36.8 Å². The van der Waals surface area contributed by atoms with E-state index in [9.17, 15) is 35.9 Å². The summed E-state index contributed by atoms with van der Waals surface area (Å²) in [4.78, 5) is 27.8. The second-order valence-electron chi connectivity index (χ2n) is 8.38. The van der Waals surface area contributed by atoms with Gasteiger partial charge in [-0.3, -0.25) is 9.80 Å². The van der Waals surface area contributed by atoms with Gasteiger partial charge in [-0.25, -0.2) is 9.59 Å². The van der Waals surface area contributed by atoms with Crippen LogP contribution in [0.25, 0.3) is 0 Å². The van der Waals surface area contributed by atoms with Gasteiger partial charge in [0.25, 0.3) is 0 Å². The summed E-state index contributed by atoms with van der Waals surface area (Å²) in [6.45, 7) is 2.76. The van der Waals surface area contributed by atoms with Gasteiger partial charge in [-0.1, -0.05) is 11.6 Å². The second-order valence-corrected chi connectivity index (χ2v) is 8.82. The number of nitrogens with zero attached hydrogens (tertiary/aromatic N) is 2. The largest absolute Gasteiger partial charge is 0.453 e. The Bertz CT molecular complexity index is 1140. The molecular weight excluding hydrogens is 530 g/mol. The lowest BCUT2D eigenvalue weighted by Crippen LogP contribution is -2.47. The minimum Gasteiger partial charge on any atom is -0.453 e. The van der Waals surface area contributed by atoms with Crippen LogP contribution in [0.15, 0.2) is 36.4 Å². The van der Waals surface area contributed by atoms with Gasteiger partial charge in [-0.15, -0.1) is 0 Å². The molecule has 0 fully saturated rings. The number of hydrogen-bond acceptors (Lipinski definition) is 4. The maximum atomic E-state index is 13.4. The number of fused-ring (bicyclic) bond motifs is 1. The molecule has 202 valence electrons. The first-order chi connectivity index (χ1) is 17.2. The van der Waals surface area contributed by atoms with Crippen molar-refractivity contribution in [1.29, 1.82) is 0 Å². The normalized spacial score (nSPS) is 17.7. The summed E-state index contributed by atoms with van der Waals surface area (Å²) >= 11 is 6.17. The van der Waals surface area contributed by atoms with Crippen molar-refractivity contribution in [3.8, 4) is 0 Å². The highest BCUT2D eigenvalue weighted by Crippen LogP contribution is 2.43. The summed E-state index contributed by atoms with van der Waals surface area (Å²) in [5, 5.41) is 0.241. The van der Waals surface area contributed by atoms with Crippen LogP contribution in [0.1, 0.15) is 48.6 Å². The first kappa shape index (κ1) is 28.4. The molecule has 0 aromatic heterocycles. The van der Waals surface area contributed by atoms with Crippen LogP contribution in [0.4, 0.5) is 41.6 Å². The smallest absolute Gasteiger partial charge is 0.416 e. The zero-order chi connectivity index (χ0) is 27.7. The van der Waals surface area contributed by atoms with E-state index in [2.05, 4.69) is 0 Å². The van der Waals surface area contributed by atoms with Gasteiger partial charge in [0.15, 0.2) is 0 Å². The van der Waals surface area contributed by atoms with E-state index in [4.69, 9.17) is 21.1 Å². The van der Waals surface area contributed by atoms with Gasteiger partial charge in [0.2, 0.25) is 0 Å². The van der Waals surface area contributed by atoms with Crippen molar-refractivity contribution in [2.24, 2.45) is 0 Å². The predicted octanol–water partition coefficient (Wildman–Crippen LogP) is 7.44. The van der Waals surface area contributed by atoms with Crippen molar-refractivity contribution in [2.45, 2.75) is 51.2 Å². The molecule has 0 aliphatic carbocycles. The van der Waals surface area contributed by atoms with Crippen LogP contribution in [0.2, 0.25) is 5.02 Å². The van der Waals surface area contributed by atoms with Gasteiger partial charge in [-0.05, 0) is 62.2 Å². The molecule has 1 aliphatic heterocycles. The summed E-state index contributed by atoms with van der Waals surface area (Å²) in [5.41, 5.74) is -2.73. The lowest BCUT2D eigenvalue weighted by atomic mass is 9.90. The Morgan fingerprint density at radius 3 is 2.16 bits per heavy atom. The number of halogens is 7. The Morgan fingerprint density at radius 2 is 1.65 bits per heavy atom. The molecule has 2 amide bonds. The zero-order valence-corrected chi connectivity index (χ0v) is 20.7. The van der Waals surface area contributed by atoms with Crippen molar-refractivity contribution in [3.05, 3.63) is 63.7 Å². The van der Waals surface area contributed by atoms with E-state index in [1.807, 2.05) is 0 Å². The molecule has 2 atom stereocenters. The Morgan fingerprint density at radius 1 is 1.05 bits per heavy atom. The molecule has 2 aromatic carbocycles. The summed E-state index contributed by atoms with van der Waals surface area (Å²) in [6, 6.07) is 4.18. The topological polar surface area (TPSA) is 59.1 Å². The lowest BCUT2D eigenvalue weighted by molar-refractivity contribution is -0.143. The van der Waals surface area contributed by atoms with Crippen LogP contribution in [-0.2, 0) is 28.4 Å². The summed E-state index contributed by atoms with van der Waals surface area (Å²) in [6.07, 6.45) is -11.7. The number of anilines is 1. The highest BCUT2D eigenvalue weighted by molar-refractivity contribution is 6.30. The third-order valence-corrected chi connectivity index (χ3v) is 6.10. The van der Waals surface area contributed by atoms with E-state index in [0.717, 1.165) is 12.0 Å². The fraction of sp³-hybridized carbons (Fsp3) is 0.417. The first-order valence-electron chi connectivity index (χ1n) is 11.1. The number of alkyl halides is 6. The van der Waals surface area contributed by atoms with E-state index >= 15 is 0 Å². The van der Waals surface area contributed by atoms with E-state index in [-0.39, 0.29) is 24.1 Å². The molecule has 0 saturated heterocycles. The molecule has 1 heterocycles. The average Bonchev–Trinajstić information content (AvgIpc) is 2.80. The Kier molecular flexibility index (Phi) is 8.21. The van der Waals surface area contributed by atoms with Gasteiger partial charge >= 0.3 is 24.5 Å². The lowest BCUT2D eigenvalue weighted by Gasteiger charge is -2.42. The second kappa shape index (κ2) is 10.7. The highest BCUT2D eigenvalue weighted by Gasteiger charge is 2.41. The third-order valence-electron chi connectivity index (χ3n) is 5.86. The number of rotatable bonds is 4. The maximum absolute atomic E-state index is 13.4. The molecule has 3 rings (SSSR count). The molecule has 0 saturated carbocycles. The minimum atomic E-state index is -5.05. The highest BCUT2D eigenvalue weighted by atomic mass is 35.5. The molecule has 37 heavy (non-hydrogen) atoms. The van der Waals surface area contributed by atoms with Crippen molar-refractivity contribution in [3.63, 3.8) is 0 Å². The Balaban J connectivity index is 2.12. The number of benzene rings is 2. The van der Waals surface area contributed by atoms with Crippen LogP contribution >= 0.6 is 11.6 Å². The van der Waals surface area contributed by atoms with Gasteiger partial charge in [-0.2, -0.15) is 26.3 Å². The minimum absolute atomic E-state index is 0.0148.